The Morgan fingerprint density at radius 2 is 2.14 bits per heavy atom. The summed E-state index contributed by atoms with van der Waals surface area (Å²) in [5.74, 6) is 1.26. The molecule has 0 unspecified atom stereocenters. The largest absolute Gasteiger partial charge is 0.360 e. The van der Waals surface area contributed by atoms with Gasteiger partial charge < -0.3 is 10.3 Å². The lowest BCUT2D eigenvalue weighted by atomic mass is 10.1. The second-order valence-electron chi connectivity index (χ2n) is 7.12. The molecule has 6 nitrogen and oxygen atoms in total. The summed E-state index contributed by atoms with van der Waals surface area (Å²) in [7, 11) is 0. The maximum atomic E-state index is 12.3. The number of benzene rings is 1. The number of thioether (sulfide) groups is 1. The van der Waals surface area contributed by atoms with Crippen LogP contribution in [-0.2, 0) is 11.2 Å². The minimum atomic E-state index is 0.0329. The molecule has 8 heteroatoms. The van der Waals surface area contributed by atoms with Gasteiger partial charge in [0, 0.05) is 40.1 Å². The summed E-state index contributed by atoms with van der Waals surface area (Å²) < 4.78 is 2.21. The number of carbonyl (C=O) groups is 1. The SMILES string of the molecule is O=C(CSc1nnc(-c2c[nH]c3ccccc23)n1C1CC1)NCCc1cccs1. The number of thiophene rings is 1. The molecular weight excluding hydrogens is 402 g/mol. The van der Waals surface area contributed by atoms with E-state index < -0.39 is 0 Å². The molecule has 3 heterocycles. The van der Waals surface area contributed by atoms with Crippen LogP contribution in [0.15, 0.2) is 53.1 Å². The standard InChI is InChI=1S/C21H21N5OS2/c27-19(22-10-9-15-4-3-11-28-15)13-29-21-25-24-20(26(21)14-7-8-14)17-12-23-18-6-2-1-5-16(17)18/h1-6,11-12,14,23H,7-10,13H2,(H,22,27). The van der Waals surface area contributed by atoms with Crippen molar-refractivity contribution in [2.45, 2.75) is 30.5 Å². The first-order chi connectivity index (χ1) is 14.3. The van der Waals surface area contributed by atoms with E-state index in [1.807, 2.05) is 24.4 Å². The molecule has 0 atom stereocenters. The zero-order valence-electron chi connectivity index (χ0n) is 15.8. The Morgan fingerprint density at radius 3 is 2.97 bits per heavy atom. The van der Waals surface area contributed by atoms with Crippen LogP contribution in [0.5, 0.6) is 0 Å². The van der Waals surface area contributed by atoms with E-state index in [2.05, 4.69) is 48.6 Å². The fraction of sp³-hybridized carbons (Fsp3) is 0.286. The fourth-order valence-electron chi connectivity index (χ4n) is 3.44. The molecule has 29 heavy (non-hydrogen) atoms. The lowest BCUT2D eigenvalue weighted by Crippen LogP contribution is -2.27. The number of fused-ring (bicyclic) bond motifs is 1. The minimum absolute atomic E-state index is 0.0329. The molecule has 0 saturated heterocycles. The van der Waals surface area contributed by atoms with Gasteiger partial charge in [-0.05, 0) is 36.8 Å². The molecule has 1 amide bonds. The second-order valence-corrected chi connectivity index (χ2v) is 9.10. The molecule has 5 rings (SSSR count). The van der Waals surface area contributed by atoms with E-state index in [4.69, 9.17) is 0 Å². The fourth-order valence-corrected chi connectivity index (χ4v) is 4.98. The van der Waals surface area contributed by atoms with Crippen LogP contribution in [0.1, 0.15) is 23.8 Å². The Kier molecular flexibility index (Phi) is 5.12. The van der Waals surface area contributed by atoms with Crippen molar-refractivity contribution >= 4 is 39.9 Å². The topological polar surface area (TPSA) is 75.6 Å². The van der Waals surface area contributed by atoms with E-state index in [0.717, 1.165) is 46.7 Å². The highest BCUT2D eigenvalue weighted by molar-refractivity contribution is 7.99. The van der Waals surface area contributed by atoms with Gasteiger partial charge in [-0.25, -0.2) is 0 Å². The number of aromatic amines is 1. The minimum Gasteiger partial charge on any atom is -0.360 e. The molecule has 0 radical (unpaired) electrons. The zero-order valence-corrected chi connectivity index (χ0v) is 17.4. The number of para-hydroxylation sites is 1. The number of amides is 1. The summed E-state index contributed by atoms with van der Waals surface area (Å²) in [6.45, 7) is 0.663. The Balaban J connectivity index is 1.28. The van der Waals surface area contributed by atoms with E-state index in [1.54, 1.807) is 11.3 Å². The number of H-pyrrole nitrogens is 1. The van der Waals surface area contributed by atoms with Crippen LogP contribution in [0.25, 0.3) is 22.3 Å². The van der Waals surface area contributed by atoms with Crippen LogP contribution in [-0.4, -0.2) is 38.0 Å². The summed E-state index contributed by atoms with van der Waals surface area (Å²) >= 11 is 3.18. The number of nitrogens with one attached hydrogen (secondary N) is 2. The summed E-state index contributed by atoms with van der Waals surface area (Å²) in [6, 6.07) is 12.8. The third-order valence-corrected chi connectivity index (χ3v) is 6.89. The maximum absolute atomic E-state index is 12.3. The van der Waals surface area contributed by atoms with Crippen molar-refractivity contribution in [1.29, 1.82) is 0 Å². The summed E-state index contributed by atoms with van der Waals surface area (Å²) in [5, 5.41) is 15.9. The van der Waals surface area contributed by atoms with Gasteiger partial charge in [-0.3, -0.25) is 9.36 Å². The summed E-state index contributed by atoms with van der Waals surface area (Å²) in [4.78, 5) is 16.9. The highest BCUT2D eigenvalue weighted by atomic mass is 32.2. The Labute approximate surface area is 176 Å². The van der Waals surface area contributed by atoms with Gasteiger partial charge in [-0.2, -0.15) is 0 Å². The van der Waals surface area contributed by atoms with Gasteiger partial charge in [-0.1, -0.05) is 36.0 Å². The molecule has 0 bridgehead atoms. The Bertz CT molecular complexity index is 1130. The third-order valence-electron chi connectivity index (χ3n) is 5.01. The Hall–Kier alpha value is -2.58. The molecule has 0 aliphatic heterocycles. The average molecular weight is 424 g/mol. The van der Waals surface area contributed by atoms with E-state index in [9.17, 15) is 4.79 Å². The molecular formula is C21H21N5OS2. The first-order valence-corrected chi connectivity index (χ1v) is 11.6. The van der Waals surface area contributed by atoms with Crippen molar-refractivity contribution in [3.05, 3.63) is 52.9 Å². The molecule has 1 aromatic carbocycles. The van der Waals surface area contributed by atoms with Crippen molar-refractivity contribution in [2.75, 3.05) is 12.3 Å². The van der Waals surface area contributed by atoms with Crippen LogP contribution in [0.3, 0.4) is 0 Å². The molecule has 1 aliphatic carbocycles. The third kappa shape index (κ3) is 3.95. The molecule has 3 aromatic heterocycles. The van der Waals surface area contributed by atoms with Gasteiger partial charge >= 0.3 is 0 Å². The van der Waals surface area contributed by atoms with Gasteiger partial charge in [-0.15, -0.1) is 21.5 Å². The summed E-state index contributed by atoms with van der Waals surface area (Å²) in [6.07, 6.45) is 5.14. The lowest BCUT2D eigenvalue weighted by molar-refractivity contribution is -0.118. The van der Waals surface area contributed by atoms with Crippen molar-refractivity contribution < 1.29 is 4.79 Å². The van der Waals surface area contributed by atoms with Crippen LogP contribution < -0.4 is 5.32 Å². The second kappa shape index (κ2) is 8.04. The molecule has 1 saturated carbocycles. The molecule has 1 fully saturated rings. The van der Waals surface area contributed by atoms with E-state index >= 15 is 0 Å². The number of hydrogen-bond acceptors (Lipinski definition) is 5. The number of carbonyl (C=O) groups excluding carboxylic acids is 1. The van der Waals surface area contributed by atoms with Crippen molar-refractivity contribution in [3.8, 4) is 11.4 Å². The number of rotatable bonds is 8. The van der Waals surface area contributed by atoms with Gasteiger partial charge in [0.05, 0.1) is 5.75 Å². The normalized spacial score (nSPS) is 13.8. The molecule has 4 aromatic rings. The number of hydrogen-bond donors (Lipinski definition) is 2. The monoisotopic (exact) mass is 423 g/mol. The van der Waals surface area contributed by atoms with Crippen LogP contribution in [0, 0.1) is 0 Å². The van der Waals surface area contributed by atoms with Crippen molar-refractivity contribution in [3.63, 3.8) is 0 Å². The smallest absolute Gasteiger partial charge is 0.230 e. The first-order valence-electron chi connectivity index (χ1n) is 9.73. The van der Waals surface area contributed by atoms with Gasteiger partial charge in [0.15, 0.2) is 11.0 Å². The molecule has 0 spiro atoms. The van der Waals surface area contributed by atoms with Gasteiger partial charge in [0.25, 0.3) is 0 Å². The van der Waals surface area contributed by atoms with Crippen molar-refractivity contribution in [2.24, 2.45) is 0 Å². The van der Waals surface area contributed by atoms with Crippen LogP contribution in [0.4, 0.5) is 0 Å². The molecule has 2 N–H and O–H groups in total. The van der Waals surface area contributed by atoms with E-state index in [1.165, 1.54) is 16.6 Å². The highest BCUT2D eigenvalue weighted by Gasteiger charge is 2.31. The lowest BCUT2D eigenvalue weighted by Gasteiger charge is -2.08. The predicted octanol–water partition coefficient (Wildman–Crippen LogP) is 4.27. The zero-order chi connectivity index (χ0) is 19.6. The van der Waals surface area contributed by atoms with Crippen LogP contribution >= 0.6 is 23.1 Å². The van der Waals surface area contributed by atoms with Crippen molar-refractivity contribution in [1.82, 2.24) is 25.1 Å². The number of aromatic nitrogens is 4. The number of nitrogens with zero attached hydrogens (tertiary/aromatic N) is 3. The first kappa shape index (κ1) is 18.4. The molecule has 1 aliphatic rings. The van der Waals surface area contributed by atoms with Crippen LogP contribution in [0.2, 0.25) is 0 Å². The van der Waals surface area contributed by atoms with E-state index in [-0.39, 0.29) is 5.91 Å². The maximum Gasteiger partial charge on any atom is 0.230 e. The quantitative estimate of drug-likeness (QED) is 0.415. The van der Waals surface area contributed by atoms with E-state index in [0.29, 0.717) is 18.3 Å². The average Bonchev–Trinajstić information content (AvgIpc) is 3.13. The molecule has 148 valence electrons. The van der Waals surface area contributed by atoms with Gasteiger partial charge in [0.1, 0.15) is 0 Å². The highest BCUT2D eigenvalue weighted by Crippen LogP contribution is 2.42. The Morgan fingerprint density at radius 1 is 1.24 bits per heavy atom. The predicted molar refractivity (Wildman–Crippen MR) is 117 cm³/mol. The summed E-state index contributed by atoms with van der Waals surface area (Å²) in [5.41, 5.74) is 2.15. The van der Waals surface area contributed by atoms with Gasteiger partial charge in [0.2, 0.25) is 5.91 Å².